The third-order valence-corrected chi connectivity index (χ3v) is 4.87. The summed E-state index contributed by atoms with van der Waals surface area (Å²) in [6.07, 6.45) is 5.46. The molecule has 3 rings (SSSR count). The monoisotopic (exact) mass is 410 g/mol. The highest BCUT2D eigenvalue weighted by Crippen LogP contribution is 2.26. The number of aromatic nitrogens is 3. The first-order chi connectivity index (χ1) is 14.3. The van der Waals surface area contributed by atoms with Crippen molar-refractivity contribution in [2.24, 2.45) is 4.99 Å². The number of nitrogens with zero attached hydrogens (tertiary/aromatic N) is 4. The minimum Gasteiger partial charge on any atom is -0.466 e. The second kappa shape index (κ2) is 9.13. The molecule has 0 aliphatic rings. The number of guanidine groups is 1. The van der Waals surface area contributed by atoms with Crippen molar-refractivity contribution < 1.29 is 9.52 Å². The molecule has 0 amide bonds. The fraction of sp³-hybridized carbons (Fsp3) is 0.409. The number of nitrogens with one attached hydrogen (secondary N) is 2. The molecule has 3 aromatic heterocycles. The largest absolute Gasteiger partial charge is 0.466 e. The summed E-state index contributed by atoms with van der Waals surface area (Å²) in [6.45, 7) is 10.9. The maximum atomic E-state index is 10.9. The van der Waals surface area contributed by atoms with E-state index in [4.69, 9.17) is 4.42 Å². The predicted octanol–water partition coefficient (Wildman–Crippen LogP) is 2.75. The van der Waals surface area contributed by atoms with Crippen LogP contribution in [0, 0.1) is 20.8 Å². The zero-order valence-corrected chi connectivity index (χ0v) is 18.2. The standard InChI is InChI=1S/C22H30N6O2/c1-6-23-21(27-14-22(5,29)19-11-15(2)30-16(19)3)26-13-18-7-8-20(25-12-18)28-10-9-24-17(28)4/h7-12,29H,6,13-14H2,1-5H3,(H2,23,26,27). The Labute approximate surface area is 177 Å². The number of aryl methyl sites for hydroxylation is 3. The summed E-state index contributed by atoms with van der Waals surface area (Å²) in [6, 6.07) is 5.83. The summed E-state index contributed by atoms with van der Waals surface area (Å²) >= 11 is 0. The molecule has 0 saturated carbocycles. The molecule has 0 aliphatic carbocycles. The second-order valence-electron chi connectivity index (χ2n) is 7.52. The summed E-state index contributed by atoms with van der Waals surface area (Å²) in [5.74, 6) is 3.85. The van der Waals surface area contributed by atoms with Crippen molar-refractivity contribution in [3.8, 4) is 5.82 Å². The molecular weight excluding hydrogens is 380 g/mol. The Balaban J connectivity index is 1.65. The Morgan fingerprint density at radius 3 is 2.60 bits per heavy atom. The molecule has 3 aromatic rings. The molecule has 8 nitrogen and oxygen atoms in total. The van der Waals surface area contributed by atoms with Crippen molar-refractivity contribution >= 4 is 5.96 Å². The molecule has 160 valence electrons. The summed E-state index contributed by atoms with van der Waals surface area (Å²) in [5, 5.41) is 17.3. The van der Waals surface area contributed by atoms with Crippen LogP contribution in [0.5, 0.6) is 0 Å². The number of hydrogen-bond acceptors (Lipinski definition) is 5. The van der Waals surface area contributed by atoms with Crippen molar-refractivity contribution in [2.75, 3.05) is 13.1 Å². The van der Waals surface area contributed by atoms with Crippen LogP contribution in [0.15, 0.2) is 46.2 Å². The van der Waals surface area contributed by atoms with Gasteiger partial charge < -0.3 is 20.2 Å². The quantitative estimate of drug-likeness (QED) is 0.409. The van der Waals surface area contributed by atoms with Gasteiger partial charge in [-0.15, -0.1) is 0 Å². The van der Waals surface area contributed by atoms with Crippen molar-refractivity contribution in [1.29, 1.82) is 0 Å². The van der Waals surface area contributed by atoms with Gasteiger partial charge in [0.05, 0.1) is 13.1 Å². The van der Waals surface area contributed by atoms with Gasteiger partial charge in [-0.3, -0.25) is 4.57 Å². The molecule has 0 aliphatic heterocycles. The van der Waals surface area contributed by atoms with Crippen molar-refractivity contribution in [2.45, 2.75) is 46.8 Å². The van der Waals surface area contributed by atoms with Crippen LogP contribution >= 0.6 is 0 Å². The van der Waals surface area contributed by atoms with E-state index in [0.717, 1.165) is 40.8 Å². The van der Waals surface area contributed by atoms with Gasteiger partial charge >= 0.3 is 0 Å². The van der Waals surface area contributed by atoms with Crippen molar-refractivity contribution in [3.63, 3.8) is 0 Å². The SMILES string of the molecule is CCNC(=NCc1ccc(-n2ccnc2C)nc1)NCC(C)(O)c1cc(C)oc1C. The van der Waals surface area contributed by atoms with Crippen LogP contribution in [0.25, 0.3) is 5.82 Å². The van der Waals surface area contributed by atoms with Crippen LogP contribution in [-0.4, -0.2) is 38.7 Å². The topological polar surface area (TPSA) is 100 Å². The number of imidazole rings is 1. The minimum atomic E-state index is -1.08. The predicted molar refractivity (Wildman–Crippen MR) is 117 cm³/mol. The fourth-order valence-electron chi connectivity index (χ4n) is 3.30. The van der Waals surface area contributed by atoms with Crippen LogP contribution < -0.4 is 10.6 Å². The Bertz CT molecular complexity index is 1000. The average molecular weight is 411 g/mol. The minimum absolute atomic E-state index is 0.301. The van der Waals surface area contributed by atoms with Gasteiger partial charge in [0.2, 0.25) is 0 Å². The lowest BCUT2D eigenvalue weighted by molar-refractivity contribution is 0.0601. The third-order valence-electron chi connectivity index (χ3n) is 4.87. The highest BCUT2D eigenvalue weighted by Gasteiger charge is 2.27. The van der Waals surface area contributed by atoms with Gasteiger partial charge in [-0.1, -0.05) is 6.07 Å². The van der Waals surface area contributed by atoms with Gasteiger partial charge in [-0.05, 0) is 52.3 Å². The van der Waals surface area contributed by atoms with E-state index in [1.54, 1.807) is 13.1 Å². The molecule has 0 bridgehead atoms. The molecule has 30 heavy (non-hydrogen) atoms. The van der Waals surface area contributed by atoms with Crippen LogP contribution in [0.1, 0.15) is 42.3 Å². The van der Waals surface area contributed by atoms with E-state index in [1.807, 2.05) is 62.9 Å². The van der Waals surface area contributed by atoms with Crippen LogP contribution in [0.3, 0.4) is 0 Å². The molecule has 1 atom stereocenters. The van der Waals surface area contributed by atoms with E-state index in [1.165, 1.54) is 0 Å². The lowest BCUT2D eigenvalue weighted by Crippen LogP contribution is -2.44. The van der Waals surface area contributed by atoms with E-state index >= 15 is 0 Å². The molecule has 0 radical (unpaired) electrons. The Morgan fingerprint density at radius 2 is 2.03 bits per heavy atom. The molecule has 0 fully saturated rings. The highest BCUT2D eigenvalue weighted by atomic mass is 16.3. The van der Waals surface area contributed by atoms with E-state index in [2.05, 4.69) is 25.6 Å². The molecule has 3 heterocycles. The van der Waals surface area contributed by atoms with E-state index in [0.29, 0.717) is 19.0 Å². The summed E-state index contributed by atoms with van der Waals surface area (Å²) in [4.78, 5) is 13.3. The Hall–Kier alpha value is -3.13. The van der Waals surface area contributed by atoms with Gasteiger partial charge in [-0.2, -0.15) is 0 Å². The van der Waals surface area contributed by atoms with Crippen molar-refractivity contribution in [3.05, 3.63) is 65.3 Å². The number of aliphatic hydroxyl groups is 1. The Kier molecular flexibility index (Phi) is 6.56. The Morgan fingerprint density at radius 1 is 1.23 bits per heavy atom. The number of aliphatic imine (C=N–C) groups is 1. The van der Waals surface area contributed by atoms with Gasteiger partial charge in [0.25, 0.3) is 0 Å². The van der Waals surface area contributed by atoms with Gasteiger partial charge in [0.1, 0.15) is 28.8 Å². The van der Waals surface area contributed by atoms with E-state index in [9.17, 15) is 5.11 Å². The van der Waals surface area contributed by atoms with Crippen LogP contribution in [-0.2, 0) is 12.1 Å². The summed E-state index contributed by atoms with van der Waals surface area (Å²) < 4.78 is 7.49. The first-order valence-electron chi connectivity index (χ1n) is 10.1. The van der Waals surface area contributed by atoms with E-state index in [-0.39, 0.29) is 0 Å². The first-order valence-corrected chi connectivity index (χ1v) is 10.1. The number of hydrogen-bond donors (Lipinski definition) is 3. The van der Waals surface area contributed by atoms with Crippen molar-refractivity contribution in [1.82, 2.24) is 25.2 Å². The average Bonchev–Trinajstić information content (AvgIpc) is 3.29. The van der Waals surface area contributed by atoms with Crippen LogP contribution in [0.2, 0.25) is 0 Å². The number of furan rings is 1. The molecule has 0 saturated heterocycles. The number of rotatable bonds is 7. The fourth-order valence-corrected chi connectivity index (χ4v) is 3.30. The first kappa shape index (κ1) is 21.6. The highest BCUT2D eigenvalue weighted by molar-refractivity contribution is 5.79. The maximum Gasteiger partial charge on any atom is 0.191 e. The zero-order valence-electron chi connectivity index (χ0n) is 18.2. The molecule has 0 spiro atoms. The normalized spacial score (nSPS) is 13.9. The van der Waals surface area contributed by atoms with E-state index < -0.39 is 5.60 Å². The zero-order chi connectivity index (χ0) is 21.7. The smallest absolute Gasteiger partial charge is 0.191 e. The molecular formula is C22H30N6O2. The molecule has 3 N–H and O–H groups in total. The third kappa shape index (κ3) is 5.07. The summed E-state index contributed by atoms with van der Waals surface area (Å²) in [7, 11) is 0. The van der Waals surface area contributed by atoms with Crippen LogP contribution in [0.4, 0.5) is 0 Å². The summed E-state index contributed by atoms with van der Waals surface area (Å²) in [5.41, 5.74) is 0.684. The van der Waals surface area contributed by atoms with Gasteiger partial charge in [0, 0.05) is 30.7 Å². The lowest BCUT2D eigenvalue weighted by atomic mass is 9.96. The molecule has 0 aromatic carbocycles. The maximum absolute atomic E-state index is 10.9. The molecule has 1 unspecified atom stereocenters. The van der Waals surface area contributed by atoms with Gasteiger partial charge in [-0.25, -0.2) is 15.0 Å². The number of pyridine rings is 1. The van der Waals surface area contributed by atoms with Gasteiger partial charge in [0.15, 0.2) is 5.96 Å². The molecule has 8 heteroatoms. The second-order valence-corrected chi connectivity index (χ2v) is 7.52. The lowest BCUT2D eigenvalue weighted by Gasteiger charge is -2.24.